The lowest BCUT2D eigenvalue weighted by Crippen LogP contribution is -2.00. The maximum Gasteiger partial charge on any atom is 0.165 e. The number of fused-ring (bicyclic) bond motifs is 7. The monoisotopic (exact) mass is 808 g/mol. The zero-order valence-electron chi connectivity index (χ0n) is 33.5. The lowest BCUT2D eigenvalue weighted by atomic mass is 10.0. The quantitative estimate of drug-likeness (QED) is 0.161. The molecule has 290 valence electrons. The first-order valence-electron chi connectivity index (χ1n) is 20.8. The smallest absolute Gasteiger partial charge is 0.165 e. The number of thiophene rings is 1. The Balaban J connectivity index is 1.08. The minimum absolute atomic E-state index is 0.631. The fourth-order valence-electron chi connectivity index (χ4n) is 8.89. The van der Waals surface area contributed by atoms with Gasteiger partial charge in [0.1, 0.15) is 0 Å². The molecule has 0 aliphatic rings. The summed E-state index contributed by atoms with van der Waals surface area (Å²) in [6.45, 7) is 0. The highest BCUT2D eigenvalue weighted by Gasteiger charge is 2.21. The van der Waals surface area contributed by atoms with E-state index < -0.39 is 0 Å². The second-order valence-electron chi connectivity index (χ2n) is 15.6. The van der Waals surface area contributed by atoms with Crippen molar-refractivity contribution in [1.29, 1.82) is 0 Å². The van der Waals surface area contributed by atoms with Crippen LogP contribution in [0.5, 0.6) is 0 Å². The normalized spacial score (nSPS) is 11.5. The molecule has 0 N–H and O–H groups in total. The van der Waals surface area contributed by atoms with Crippen molar-refractivity contribution >= 4 is 53.3 Å². The highest BCUT2D eigenvalue weighted by molar-refractivity contribution is 7.27. The molecule has 0 spiro atoms. The van der Waals surface area contributed by atoms with Crippen LogP contribution in [-0.2, 0) is 0 Å². The van der Waals surface area contributed by atoms with E-state index in [0.29, 0.717) is 17.5 Å². The largest absolute Gasteiger partial charge is 0.308 e. The van der Waals surface area contributed by atoms with Crippen LogP contribution in [0.3, 0.4) is 0 Å². The third-order valence-corrected chi connectivity index (χ3v) is 13.1. The summed E-state index contributed by atoms with van der Waals surface area (Å²) in [5, 5.41) is 4.85. The maximum atomic E-state index is 5.32. The Hall–Kier alpha value is -7.99. The van der Waals surface area contributed by atoms with Crippen molar-refractivity contribution in [1.82, 2.24) is 19.5 Å². The molecule has 0 aliphatic carbocycles. The summed E-state index contributed by atoms with van der Waals surface area (Å²) in [4.78, 5) is 15.8. The van der Waals surface area contributed by atoms with Gasteiger partial charge in [-0.3, -0.25) is 0 Å². The van der Waals surface area contributed by atoms with Gasteiger partial charge in [-0.1, -0.05) is 182 Å². The van der Waals surface area contributed by atoms with Crippen LogP contribution in [0.2, 0.25) is 0 Å². The SMILES string of the molecule is c1ccc(-c2cccc(-c3nc(-c4cccc(-c5ccccc5)c4)nc(-c4cccc5c4sc4c5ccc5c6ccccc6n(-c6cccc(-c7ccccc7)c6)c54)n3)c2)cc1. The van der Waals surface area contributed by atoms with Crippen LogP contribution in [0.1, 0.15) is 0 Å². The van der Waals surface area contributed by atoms with Crippen molar-refractivity contribution in [2.45, 2.75) is 0 Å². The van der Waals surface area contributed by atoms with Crippen LogP contribution >= 0.6 is 11.3 Å². The number of hydrogen-bond donors (Lipinski definition) is 0. The van der Waals surface area contributed by atoms with Gasteiger partial charge in [-0.15, -0.1) is 11.3 Å². The standard InChI is InChI=1S/C57H36N4S/c1-4-16-37(17-5-1)40-22-12-25-43(34-40)55-58-56(44-26-13-23-41(35-44)38-18-6-2-7-19-38)60-57(59-55)50-30-15-29-48-49-33-32-47-46-28-10-11-31-51(46)61(52(47)54(49)62-53(48)50)45-27-14-24-42(36-45)39-20-8-3-9-21-39/h1-36H. The van der Waals surface area contributed by atoms with Crippen LogP contribution in [-0.4, -0.2) is 19.5 Å². The predicted molar refractivity (Wildman–Crippen MR) is 260 cm³/mol. The minimum Gasteiger partial charge on any atom is -0.308 e. The summed E-state index contributed by atoms with van der Waals surface area (Å²) < 4.78 is 4.82. The fraction of sp³-hybridized carbons (Fsp3) is 0. The van der Waals surface area contributed by atoms with Crippen molar-refractivity contribution < 1.29 is 0 Å². The van der Waals surface area contributed by atoms with E-state index in [-0.39, 0.29) is 0 Å². The molecule has 0 saturated carbocycles. The molecule has 12 rings (SSSR count). The first kappa shape index (κ1) is 35.9. The lowest BCUT2D eigenvalue weighted by Gasteiger charge is -2.11. The van der Waals surface area contributed by atoms with Crippen molar-refractivity contribution in [2.24, 2.45) is 0 Å². The lowest BCUT2D eigenvalue weighted by molar-refractivity contribution is 1.08. The van der Waals surface area contributed by atoms with E-state index in [1.54, 1.807) is 0 Å². The Bertz CT molecular complexity index is 3530. The number of aromatic nitrogens is 4. The third-order valence-electron chi connectivity index (χ3n) is 11.8. The molecule has 5 heteroatoms. The molecule has 0 bridgehead atoms. The first-order valence-corrected chi connectivity index (χ1v) is 21.7. The van der Waals surface area contributed by atoms with E-state index in [4.69, 9.17) is 15.0 Å². The number of para-hydroxylation sites is 1. The number of hydrogen-bond acceptors (Lipinski definition) is 4. The summed E-state index contributed by atoms with van der Waals surface area (Å²) >= 11 is 1.82. The fourth-order valence-corrected chi connectivity index (χ4v) is 10.2. The number of rotatable bonds is 7. The summed E-state index contributed by atoms with van der Waals surface area (Å²) in [7, 11) is 0. The van der Waals surface area contributed by atoms with E-state index in [0.717, 1.165) is 49.3 Å². The van der Waals surface area contributed by atoms with E-state index in [1.165, 1.54) is 48.4 Å². The molecule has 3 heterocycles. The molecule has 62 heavy (non-hydrogen) atoms. The van der Waals surface area contributed by atoms with Gasteiger partial charge in [-0.2, -0.15) is 0 Å². The second-order valence-corrected chi connectivity index (χ2v) is 16.6. The Morgan fingerprint density at radius 2 is 0.758 bits per heavy atom. The Kier molecular flexibility index (Phi) is 8.65. The first-order chi connectivity index (χ1) is 30.7. The van der Waals surface area contributed by atoms with Crippen LogP contribution in [0.25, 0.3) is 115 Å². The predicted octanol–water partition coefficient (Wildman–Crippen LogP) is 15.3. The molecule has 0 unspecified atom stereocenters. The van der Waals surface area contributed by atoms with Gasteiger partial charge in [-0.25, -0.2) is 15.0 Å². The summed E-state index contributed by atoms with van der Waals surface area (Å²) in [5.74, 6) is 1.91. The third kappa shape index (κ3) is 6.18. The molecule has 0 fully saturated rings. The average Bonchev–Trinajstić information content (AvgIpc) is 3.91. The Morgan fingerprint density at radius 1 is 0.306 bits per heavy atom. The van der Waals surface area contributed by atoms with Gasteiger partial charge < -0.3 is 4.57 Å². The van der Waals surface area contributed by atoms with Crippen LogP contribution in [0.15, 0.2) is 218 Å². The van der Waals surface area contributed by atoms with Gasteiger partial charge in [0.25, 0.3) is 0 Å². The average molecular weight is 809 g/mol. The summed E-state index contributed by atoms with van der Waals surface area (Å²) in [6, 6.07) is 77.3. The van der Waals surface area contributed by atoms with Crippen LogP contribution < -0.4 is 0 Å². The Labute approximate surface area is 362 Å². The van der Waals surface area contributed by atoms with E-state index >= 15 is 0 Å². The van der Waals surface area contributed by atoms with Gasteiger partial charge in [-0.05, 0) is 69.8 Å². The van der Waals surface area contributed by atoms with Gasteiger partial charge in [0, 0.05) is 48.6 Å². The van der Waals surface area contributed by atoms with Crippen LogP contribution in [0, 0.1) is 0 Å². The molecule has 12 aromatic rings. The molecule has 0 amide bonds. The van der Waals surface area contributed by atoms with Crippen molar-refractivity contribution in [2.75, 3.05) is 0 Å². The van der Waals surface area contributed by atoms with Gasteiger partial charge >= 0.3 is 0 Å². The molecule has 9 aromatic carbocycles. The zero-order chi connectivity index (χ0) is 41.0. The molecular weight excluding hydrogens is 773 g/mol. The molecule has 3 aromatic heterocycles. The minimum atomic E-state index is 0.631. The van der Waals surface area contributed by atoms with Crippen LogP contribution in [0.4, 0.5) is 0 Å². The molecule has 0 radical (unpaired) electrons. The van der Waals surface area contributed by atoms with Gasteiger partial charge in [0.2, 0.25) is 0 Å². The topological polar surface area (TPSA) is 43.6 Å². The highest BCUT2D eigenvalue weighted by atomic mass is 32.1. The molecular formula is C57H36N4S. The molecule has 0 atom stereocenters. The molecule has 4 nitrogen and oxygen atoms in total. The van der Waals surface area contributed by atoms with E-state index in [9.17, 15) is 0 Å². The Morgan fingerprint density at radius 3 is 1.39 bits per heavy atom. The van der Waals surface area contributed by atoms with Gasteiger partial charge in [0.05, 0.1) is 15.7 Å². The highest BCUT2D eigenvalue weighted by Crippen LogP contribution is 2.46. The molecule has 0 saturated heterocycles. The summed E-state index contributed by atoms with van der Waals surface area (Å²) in [6.07, 6.45) is 0. The number of nitrogens with zero attached hydrogens (tertiary/aromatic N) is 4. The van der Waals surface area contributed by atoms with Crippen molar-refractivity contribution in [3.8, 4) is 73.2 Å². The van der Waals surface area contributed by atoms with E-state index in [1.807, 2.05) is 23.5 Å². The zero-order valence-corrected chi connectivity index (χ0v) is 34.3. The van der Waals surface area contributed by atoms with Gasteiger partial charge in [0.15, 0.2) is 17.5 Å². The molecule has 0 aliphatic heterocycles. The summed E-state index contributed by atoms with van der Waals surface area (Å²) in [5.41, 5.74) is 13.2. The number of benzene rings is 9. The second kappa shape index (κ2) is 14.9. The van der Waals surface area contributed by atoms with Crippen molar-refractivity contribution in [3.63, 3.8) is 0 Å². The van der Waals surface area contributed by atoms with Crippen molar-refractivity contribution in [3.05, 3.63) is 218 Å². The van der Waals surface area contributed by atoms with E-state index in [2.05, 4.69) is 211 Å². The maximum absolute atomic E-state index is 5.32.